The number of rotatable bonds is 2. The summed E-state index contributed by atoms with van der Waals surface area (Å²) >= 11 is 5.69. The second kappa shape index (κ2) is 4.86. The summed E-state index contributed by atoms with van der Waals surface area (Å²) in [5, 5.41) is 9.63. The molecule has 19 heavy (non-hydrogen) atoms. The third-order valence-electron chi connectivity index (χ3n) is 2.53. The van der Waals surface area contributed by atoms with Crippen LogP contribution in [0, 0.1) is 6.92 Å². The SMILES string of the molecule is Cc1cc(C(O)c2ccc(C(F)(F)F)nc2Cl)co1. The van der Waals surface area contributed by atoms with Crippen molar-refractivity contribution in [1.82, 2.24) is 4.98 Å². The van der Waals surface area contributed by atoms with Crippen molar-refractivity contribution in [2.45, 2.75) is 19.2 Å². The molecule has 2 aromatic rings. The minimum Gasteiger partial charge on any atom is -0.469 e. The summed E-state index contributed by atoms with van der Waals surface area (Å²) in [4.78, 5) is 3.25. The fourth-order valence-corrected chi connectivity index (χ4v) is 1.85. The van der Waals surface area contributed by atoms with Crippen molar-refractivity contribution in [2.75, 3.05) is 0 Å². The Balaban J connectivity index is 2.36. The molecule has 0 radical (unpaired) electrons. The molecule has 0 saturated heterocycles. The highest BCUT2D eigenvalue weighted by Crippen LogP contribution is 2.33. The first-order valence-corrected chi connectivity index (χ1v) is 5.63. The number of alkyl halides is 3. The molecular weight excluding hydrogens is 283 g/mol. The fraction of sp³-hybridized carbons (Fsp3) is 0.250. The van der Waals surface area contributed by atoms with Crippen molar-refractivity contribution in [3.8, 4) is 0 Å². The summed E-state index contributed by atoms with van der Waals surface area (Å²) in [7, 11) is 0. The Kier molecular flexibility index (Phi) is 3.56. The largest absolute Gasteiger partial charge is 0.469 e. The van der Waals surface area contributed by atoms with E-state index >= 15 is 0 Å². The van der Waals surface area contributed by atoms with Gasteiger partial charge in [-0.05, 0) is 19.1 Å². The molecule has 1 N–H and O–H groups in total. The zero-order chi connectivity index (χ0) is 14.2. The number of hydrogen-bond donors (Lipinski definition) is 1. The number of aromatic nitrogens is 1. The standard InChI is InChI=1S/C12H9ClF3NO2/c1-6-4-7(5-19-6)10(18)8-2-3-9(12(14,15)16)17-11(8)13/h2-5,10,18H,1H3. The first kappa shape index (κ1) is 13.9. The van der Waals surface area contributed by atoms with Crippen LogP contribution in [0.3, 0.4) is 0 Å². The molecule has 7 heteroatoms. The molecular formula is C12H9ClF3NO2. The average molecular weight is 292 g/mol. The minimum atomic E-state index is -4.57. The monoisotopic (exact) mass is 291 g/mol. The molecule has 0 amide bonds. The maximum absolute atomic E-state index is 12.4. The van der Waals surface area contributed by atoms with Crippen molar-refractivity contribution >= 4 is 11.6 Å². The molecule has 0 saturated carbocycles. The predicted molar refractivity (Wildman–Crippen MR) is 61.8 cm³/mol. The Morgan fingerprint density at radius 1 is 1.37 bits per heavy atom. The fourth-order valence-electron chi connectivity index (χ4n) is 1.59. The summed E-state index contributed by atoms with van der Waals surface area (Å²) in [6.45, 7) is 1.68. The second-order valence-electron chi connectivity index (χ2n) is 3.97. The summed E-state index contributed by atoms with van der Waals surface area (Å²) in [6, 6.07) is 3.45. The highest BCUT2D eigenvalue weighted by Gasteiger charge is 2.33. The third kappa shape index (κ3) is 2.90. The van der Waals surface area contributed by atoms with Crippen LogP contribution in [0.25, 0.3) is 0 Å². The van der Waals surface area contributed by atoms with E-state index in [1.54, 1.807) is 13.0 Å². The molecule has 1 unspecified atom stereocenters. The second-order valence-corrected chi connectivity index (χ2v) is 4.33. The molecule has 0 aliphatic carbocycles. The van der Waals surface area contributed by atoms with Gasteiger partial charge in [0.15, 0.2) is 0 Å². The van der Waals surface area contributed by atoms with Crippen molar-refractivity contribution in [3.63, 3.8) is 0 Å². The number of aryl methyl sites for hydroxylation is 1. The lowest BCUT2D eigenvalue weighted by molar-refractivity contribution is -0.141. The Morgan fingerprint density at radius 2 is 2.05 bits per heavy atom. The van der Waals surface area contributed by atoms with Gasteiger partial charge in [-0.3, -0.25) is 0 Å². The van der Waals surface area contributed by atoms with Crippen LogP contribution in [0.15, 0.2) is 28.9 Å². The summed E-state index contributed by atoms with van der Waals surface area (Å²) in [6.07, 6.45) is -4.44. The smallest absolute Gasteiger partial charge is 0.433 e. The van der Waals surface area contributed by atoms with Crippen molar-refractivity contribution in [1.29, 1.82) is 0 Å². The lowest BCUT2D eigenvalue weighted by Crippen LogP contribution is -2.10. The van der Waals surface area contributed by atoms with Crippen molar-refractivity contribution < 1.29 is 22.7 Å². The van der Waals surface area contributed by atoms with E-state index in [0.717, 1.165) is 12.1 Å². The molecule has 2 rings (SSSR count). The summed E-state index contributed by atoms with van der Waals surface area (Å²) in [5.41, 5.74) is -0.603. The zero-order valence-corrected chi connectivity index (χ0v) is 10.5. The molecule has 3 nitrogen and oxygen atoms in total. The van der Waals surface area contributed by atoms with E-state index in [2.05, 4.69) is 4.98 Å². The Morgan fingerprint density at radius 3 is 2.53 bits per heavy atom. The number of furan rings is 1. The van der Waals surface area contributed by atoms with Gasteiger partial charge in [0.05, 0.1) is 6.26 Å². The van der Waals surface area contributed by atoms with Gasteiger partial charge < -0.3 is 9.52 Å². The van der Waals surface area contributed by atoms with Crippen LogP contribution < -0.4 is 0 Å². The van der Waals surface area contributed by atoms with E-state index in [9.17, 15) is 18.3 Å². The number of halogens is 4. The van der Waals surface area contributed by atoms with Crippen LogP contribution in [0.4, 0.5) is 13.2 Å². The van der Waals surface area contributed by atoms with Crippen molar-refractivity contribution in [2.24, 2.45) is 0 Å². The Hall–Kier alpha value is -1.53. The summed E-state index contributed by atoms with van der Waals surface area (Å²) in [5.74, 6) is 0.574. The minimum absolute atomic E-state index is 0.0930. The van der Waals surface area contributed by atoms with Gasteiger partial charge in [0, 0.05) is 11.1 Å². The van der Waals surface area contributed by atoms with E-state index < -0.39 is 18.0 Å². The van der Waals surface area contributed by atoms with Crippen LogP contribution in [-0.4, -0.2) is 10.1 Å². The number of nitrogens with zero attached hydrogens (tertiary/aromatic N) is 1. The van der Waals surface area contributed by atoms with Gasteiger partial charge in [0.1, 0.15) is 22.7 Å². The normalized spacial score (nSPS) is 13.6. The highest BCUT2D eigenvalue weighted by molar-refractivity contribution is 6.30. The number of hydrogen-bond acceptors (Lipinski definition) is 3. The van der Waals surface area contributed by atoms with Gasteiger partial charge in [0.2, 0.25) is 0 Å². The van der Waals surface area contributed by atoms with E-state index in [1.807, 2.05) is 0 Å². The van der Waals surface area contributed by atoms with E-state index in [4.69, 9.17) is 16.0 Å². The Labute approximate surface area is 111 Å². The van der Waals surface area contributed by atoms with Gasteiger partial charge in [-0.2, -0.15) is 13.2 Å². The summed E-state index contributed by atoms with van der Waals surface area (Å²) < 4.78 is 42.3. The molecule has 2 heterocycles. The van der Waals surface area contributed by atoms with Crippen LogP contribution in [0.2, 0.25) is 5.15 Å². The Bertz CT molecular complexity index is 595. The average Bonchev–Trinajstić information content (AvgIpc) is 2.73. The lowest BCUT2D eigenvalue weighted by Gasteiger charge is -2.12. The molecule has 0 aliphatic rings. The maximum Gasteiger partial charge on any atom is 0.433 e. The molecule has 0 aliphatic heterocycles. The molecule has 0 aromatic carbocycles. The molecule has 2 aromatic heterocycles. The first-order chi connectivity index (χ1) is 8.79. The maximum atomic E-state index is 12.4. The third-order valence-corrected chi connectivity index (χ3v) is 2.83. The molecule has 0 bridgehead atoms. The van der Waals surface area contributed by atoms with Crippen LogP contribution in [0.1, 0.15) is 28.7 Å². The number of pyridine rings is 1. The zero-order valence-electron chi connectivity index (χ0n) is 9.70. The predicted octanol–water partition coefficient (Wildman–Crippen LogP) is 3.74. The number of aliphatic hydroxyl groups excluding tert-OH is 1. The van der Waals surface area contributed by atoms with E-state index in [-0.39, 0.29) is 10.7 Å². The molecule has 102 valence electrons. The number of aliphatic hydroxyl groups is 1. The molecule has 0 spiro atoms. The molecule has 0 fully saturated rings. The topological polar surface area (TPSA) is 46.3 Å². The van der Waals surface area contributed by atoms with Crippen LogP contribution >= 0.6 is 11.6 Å². The van der Waals surface area contributed by atoms with Crippen molar-refractivity contribution in [3.05, 3.63) is 52.2 Å². The lowest BCUT2D eigenvalue weighted by atomic mass is 10.1. The first-order valence-electron chi connectivity index (χ1n) is 5.26. The van der Waals surface area contributed by atoms with Gasteiger partial charge >= 0.3 is 6.18 Å². The van der Waals surface area contributed by atoms with Crippen LogP contribution in [0.5, 0.6) is 0 Å². The highest BCUT2D eigenvalue weighted by atomic mass is 35.5. The van der Waals surface area contributed by atoms with Gasteiger partial charge in [-0.15, -0.1) is 0 Å². The van der Waals surface area contributed by atoms with Gasteiger partial charge in [-0.25, -0.2) is 4.98 Å². The molecule has 1 atom stereocenters. The van der Waals surface area contributed by atoms with Gasteiger partial charge in [0.25, 0.3) is 0 Å². The quantitative estimate of drug-likeness (QED) is 0.858. The van der Waals surface area contributed by atoms with Gasteiger partial charge in [-0.1, -0.05) is 17.7 Å². The van der Waals surface area contributed by atoms with Crippen LogP contribution in [-0.2, 0) is 6.18 Å². The van der Waals surface area contributed by atoms with E-state index in [0.29, 0.717) is 11.3 Å². The van der Waals surface area contributed by atoms with E-state index in [1.165, 1.54) is 6.26 Å².